The topological polar surface area (TPSA) is 136 Å². The first-order valence-electron chi connectivity index (χ1n) is 7.84. The van der Waals surface area contributed by atoms with Gasteiger partial charge in [0.1, 0.15) is 15.3 Å². The second-order valence-corrected chi connectivity index (χ2v) is 7.08. The van der Waals surface area contributed by atoms with E-state index in [4.69, 9.17) is 5.73 Å². The van der Waals surface area contributed by atoms with Gasteiger partial charge in [-0.3, -0.25) is 14.9 Å². The molecule has 0 saturated carbocycles. The van der Waals surface area contributed by atoms with Gasteiger partial charge in [-0.25, -0.2) is 14.8 Å². The molecule has 0 fully saturated rings. The minimum Gasteiger partial charge on any atom is -0.450 e. The number of nitrogens with two attached hydrogens (primary N) is 1. The number of rotatable bonds is 5. The number of anilines is 1. The fraction of sp³-hybridized carbons (Fsp3) is 0.188. The van der Waals surface area contributed by atoms with Gasteiger partial charge < -0.3 is 15.8 Å². The molecule has 0 aliphatic heterocycles. The molecule has 3 heterocycles. The van der Waals surface area contributed by atoms with E-state index < -0.39 is 17.9 Å². The number of carbonyl (C=O) groups excluding carboxylic acids is 3. The molecule has 11 heteroatoms. The van der Waals surface area contributed by atoms with Gasteiger partial charge in [0.05, 0.1) is 12.2 Å². The van der Waals surface area contributed by atoms with Gasteiger partial charge in [-0.1, -0.05) is 11.3 Å². The van der Waals surface area contributed by atoms with E-state index in [9.17, 15) is 14.4 Å². The molecule has 0 aliphatic carbocycles. The fourth-order valence-corrected chi connectivity index (χ4v) is 3.71. The Morgan fingerprint density at radius 2 is 2.11 bits per heavy atom. The van der Waals surface area contributed by atoms with Crippen LogP contribution in [0.5, 0.6) is 0 Å². The number of nitrogens with zero attached hydrogens (tertiary/aromatic N) is 2. The Bertz CT molecular complexity index is 1010. The standard InChI is InChI=1S/C16H15N5O4S2/c1-2-25-16(24)21-11(22)9-3-4-26-13(9)20-12(23)15-19-10-5-8(6-17)7-18-14(10)27-15/h3-5,7H,2,6,17H2,1H3,(H,20,23)(H,21,22,24). The van der Waals surface area contributed by atoms with Crippen molar-refractivity contribution in [3.63, 3.8) is 0 Å². The van der Waals surface area contributed by atoms with E-state index in [1.165, 1.54) is 6.07 Å². The number of hydrogen-bond donors (Lipinski definition) is 3. The van der Waals surface area contributed by atoms with Gasteiger partial charge in [-0.15, -0.1) is 11.3 Å². The van der Waals surface area contributed by atoms with Gasteiger partial charge in [0, 0.05) is 12.7 Å². The number of alkyl carbamates (subject to hydrolysis) is 1. The summed E-state index contributed by atoms with van der Waals surface area (Å²) in [6.45, 7) is 2.10. The van der Waals surface area contributed by atoms with Gasteiger partial charge >= 0.3 is 6.09 Å². The highest BCUT2D eigenvalue weighted by molar-refractivity contribution is 7.20. The summed E-state index contributed by atoms with van der Waals surface area (Å²) in [5.74, 6) is -1.14. The van der Waals surface area contributed by atoms with Crippen LogP contribution >= 0.6 is 22.7 Å². The summed E-state index contributed by atoms with van der Waals surface area (Å²) in [4.78, 5) is 45.2. The van der Waals surface area contributed by atoms with Crippen LogP contribution in [0, 0.1) is 0 Å². The monoisotopic (exact) mass is 405 g/mol. The molecule has 3 aromatic heterocycles. The number of imide groups is 1. The Kier molecular flexibility index (Phi) is 5.74. The Hall–Kier alpha value is -2.89. The maximum absolute atomic E-state index is 12.5. The van der Waals surface area contributed by atoms with Gasteiger partial charge in [0.2, 0.25) is 0 Å². The van der Waals surface area contributed by atoms with E-state index in [-0.39, 0.29) is 17.2 Å². The first kappa shape index (κ1) is 18.9. The van der Waals surface area contributed by atoms with E-state index in [1.807, 2.05) is 0 Å². The van der Waals surface area contributed by atoms with Crippen molar-refractivity contribution in [2.24, 2.45) is 5.73 Å². The number of aromatic nitrogens is 2. The predicted octanol–water partition coefficient (Wildman–Crippen LogP) is 2.35. The molecule has 3 rings (SSSR count). The summed E-state index contributed by atoms with van der Waals surface area (Å²) in [7, 11) is 0. The summed E-state index contributed by atoms with van der Waals surface area (Å²) < 4.78 is 4.67. The lowest BCUT2D eigenvalue weighted by Gasteiger charge is -2.05. The van der Waals surface area contributed by atoms with E-state index in [0.717, 1.165) is 28.2 Å². The minimum absolute atomic E-state index is 0.143. The van der Waals surface area contributed by atoms with Crippen LogP contribution in [0.25, 0.3) is 10.3 Å². The average Bonchev–Trinajstić information content (AvgIpc) is 3.27. The molecule has 0 atom stereocenters. The number of amides is 3. The summed E-state index contributed by atoms with van der Waals surface area (Å²) in [5, 5.41) is 6.87. The van der Waals surface area contributed by atoms with Crippen LogP contribution in [0.3, 0.4) is 0 Å². The molecule has 0 spiro atoms. The zero-order chi connectivity index (χ0) is 19.4. The lowest BCUT2D eigenvalue weighted by atomic mass is 10.3. The van der Waals surface area contributed by atoms with E-state index in [2.05, 4.69) is 25.3 Å². The summed E-state index contributed by atoms with van der Waals surface area (Å²) in [5.41, 5.74) is 7.14. The van der Waals surface area contributed by atoms with E-state index in [1.54, 1.807) is 24.6 Å². The second-order valence-electron chi connectivity index (χ2n) is 5.18. The van der Waals surface area contributed by atoms with Gasteiger partial charge in [0.25, 0.3) is 11.8 Å². The zero-order valence-corrected chi connectivity index (χ0v) is 15.8. The van der Waals surface area contributed by atoms with Gasteiger partial charge in [-0.2, -0.15) is 0 Å². The molecule has 0 radical (unpaired) electrons. The molecular weight excluding hydrogens is 390 g/mol. The van der Waals surface area contributed by atoms with Crippen molar-refractivity contribution in [1.82, 2.24) is 15.3 Å². The number of thiazole rings is 1. The Labute approximate surface area is 161 Å². The lowest BCUT2D eigenvalue weighted by molar-refractivity contribution is 0.0926. The third-order valence-corrected chi connectivity index (χ3v) is 5.17. The van der Waals surface area contributed by atoms with Crippen LogP contribution in [0.1, 0.15) is 32.6 Å². The van der Waals surface area contributed by atoms with Crippen molar-refractivity contribution in [2.45, 2.75) is 13.5 Å². The number of nitrogens with one attached hydrogen (secondary N) is 2. The van der Waals surface area contributed by atoms with Gasteiger partial charge in [-0.05, 0) is 30.0 Å². The van der Waals surface area contributed by atoms with Crippen molar-refractivity contribution < 1.29 is 19.1 Å². The summed E-state index contributed by atoms with van der Waals surface area (Å²) in [6, 6.07) is 3.28. The number of pyridine rings is 1. The van der Waals surface area contributed by atoms with Crippen LogP contribution in [-0.2, 0) is 11.3 Å². The number of carbonyl (C=O) groups is 3. The van der Waals surface area contributed by atoms with Crippen molar-refractivity contribution >= 4 is 55.9 Å². The molecule has 140 valence electrons. The maximum atomic E-state index is 12.5. The van der Waals surface area contributed by atoms with Crippen LogP contribution in [0.4, 0.5) is 9.80 Å². The third kappa shape index (κ3) is 4.27. The molecule has 0 unspecified atom stereocenters. The smallest absolute Gasteiger partial charge is 0.414 e. The molecule has 27 heavy (non-hydrogen) atoms. The summed E-state index contributed by atoms with van der Waals surface area (Å²) >= 11 is 2.29. The van der Waals surface area contributed by atoms with Crippen molar-refractivity contribution in [2.75, 3.05) is 11.9 Å². The molecule has 3 aromatic rings. The molecule has 0 aromatic carbocycles. The molecule has 9 nitrogen and oxygen atoms in total. The molecular formula is C16H15N5O4S2. The second kappa shape index (κ2) is 8.20. The number of thiophene rings is 1. The zero-order valence-electron chi connectivity index (χ0n) is 14.1. The highest BCUT2D eigenvalue weighted by atomic mass is 32.1. The molecule has 0 aliphatic rings. The third-order valence-electron chi connectivity index (χ3n) is 3.36. The van der Waals surface area contributed by atoms with Gasteiger partial charge in [0.15, 0.2) is 5.01 Å². The molecule has 3 amide bonds. The van der Waals surface area contributed by atoms with Crippen LogP contribution in [0.2, 0.25) is 0 Å². The number of ether oxygens (including phenoxy) is 1. The van der Waals surface area contributed by atoms with Crippen molar-refractivity contribution in [3.8, 4) is 0 Å². The highest BCUT2D eigenvalue weighted by Crippen LogP contribution is 2.26. The first-order chi connectivity index (χ1) is 13.0. The van der Waals surface area contributed by atoms with E-state index >= 15 is 0 Å². The Balaban J connectivity index is 1.76. The molecule has 0 bridgehead atoms. The summed E-state index contributed by atoms with van der Waals surface area (Å²) in [6.07, 6.45) is 0.790. The number of fused-ring (bicyclic) bond motifs is 1. The Morgan fingerprint density at radius 1 is 1.30 bits per heavy atom. The van der Waals surface area contributed by atoms with Crippen molar-refractivity contribution in [3.05, 3.63) is 39.8 Å². The Morgan fingerprint density at radius 3 is 2.85 bits per heavy atom. The number of hydrogen-bond acceptors (Lipinski definition) is 9. The van der Waals surface area contributed by atoms with E-state index in [0.29, 0.717) is 21.9 Å². The lowest BCUT2D eigenvalue weighted by Crippen LogP contribution is -2.31. The largest absolute Gasteiger partial charge is 0.450 e. The maximum Gasteiger partial charge on any atom is 0.414 e. The quantitative estimate of drug-likeness (QED) is 0.592. The van der Waals surface area contributed by atoms with Crippen LogP contribution in [-0.4, -0.2) is 34.5 Å². The predicted molar refractivity (Wildman–Crippen MR) is 102 cm³/mol. The highest BCUT2D eigenvalue weighted by Gasteiger charge is 2.20. The van der Waals surface area contributed by atoms with Crippen LogP contribution < -0.4 is 16.4 Å². The molecule has 0 saturated heterocycles. The minimum atomic E-state index is -0.848. The molecule has 4 N–H and O–H groups in total. The average molecular weight is 405 g/mol. The normalized spacial score (nSPS) is 10.6. The SMILES string of the molecule is CCOC(=O)NC(=O)c1ccsc1NC(=O)c1nc2cc(CN)cnc2s1. The first-order valence-corrected chi connectivity index (χ1v) is 9.54. The fourth-order valence-electron chi connectivity index (χ4n) is 2.14. The van der Waals surface area contributed by atoms with Crippen molar-refractivity contribution in [1.29, 1.82) is 0 Å². The van der Waals surface area contributed by atoms with Crippen LogP contribution in [0.15, 0.2) is 23.7 Å².